The van der Waals surface area contributed by atoms with Gasteiger partial charge in [0, 0.05) is 30.3 Å². The van der Waals surface area contributed by atoms with Crippen molar-refractivity contribution in [3.05, 3.63) is 21.9 Å². The third kappa shape index (κ3) is 3.06. The number of ketones is 2. The minimum absolute atomic E-state index is 0.122. The Hall–Kier alpha value is -1.00. The Kier molecular flexibility index (Phi) is 4.30. The fraction of sp³-hybridized carbons (Fsp3) is 0.571. The lowest BCUT2D eigenvalue weighted by molar-refractivity contribution is -0.126. The zero-order valence-electron chi connectivity index (χ0n) is 10.9. The predicted molar refractivity (Wildman–Crippen MR) is 73.2 cm³/mol. The van der Waals surface area contributed by atoms with Gasteiger partial charge in [-0.2, -0.15) is 0 Å². The molecule has 98 valence electrons. The first-order chi connectivity index (χ1) is 8.60. The summed E-state index contributed by atoms with van der Waals surface area (Å²) in [6.45, 7) is 5.96. The number of nitrogens with zero attached hydrogens (tertiary/aromatic N) is 1. The Labute approximate surface area is 112 Å². The van der Waals surface area contributed by atoms with E-state index >= 15 is 0 Å². The van der Waals surface area contributed by atoms with E-state index in [0.29, 0.717) is 18.7 Å². The molecule has 2 rings (SSSR count). The van der Waals surface area contributed by atoms with Crippen molar-refractivity contribution in [3.8, 4) is 0 Å². The van der Waals surface area contributed by atoms with E-state index in [0.717, 1.165) is 24.4 Å². The number of carbonyl (C=O) groups excluding carboxylic acids is 2. The quantitative estimate of drug-likeness (QED) is 0.785. The predicted octanol–water partition coefficient (Wildman–Crippen LogP) is 2.54. The van der Waals surface area contributed by atoms with E-state index in [-0.39, 0.29) is 11.7 Å². The van der Waals surface area contributed by atoms with E-state index in [1.54, 1.807) is 11.3 Å². The molecule has 0 aliphatic carbocycles. The first-order valence-corrected chi connectivity index (χ1v) is 7.26. The Morgan fingerprint density at radius 1 is 1.50 bits per heavy atom. The summed E-state index contributed by atoms with van der Waals surface area (Å²) in [4.78, 5) is 27.8. The van der Waals surface area contributed by atoms with Crippen molar-refractivity contribution in [3.63, 3.8) is 0 Å². The standard InChI is InChI=1S/C14H19NO2S/c1-3-11-8-15(7-6-12(11)16)9-13(17)14-5-4-10(2)18-14/h4-5,11H,3,6-9H2,1-2H3. The first kappa shape index (κ1) is 13.4. The Bertz CT molecular complexity index is 452. The molecule has 1 aliphatic heterocycles. The number of thiophene rings is 1. The zero-order chi connectivity index (χ0) is 13.1. The van der Waals surface area contributed by atoms with Crippen LogP contribution in [0, 0.1) is 12.8 Å². The van der Waals surface area contributed by atoms with Gasteiger partial charge in [0.05, 0.1) is 11.4 Å². The molecule has 1 unspecified atom stereocenters. The third-order valence-electron chi connectivity index (χ3n) is 3.48. The second-order valence-electron chi connectivity index (χ2n) is 4.89. The number of hydrogen-bond acceptors (Lipinski definition) is 4. The van der Waals surface area contributed by atoms with E-state index in [1.807, 2.05) is 26.0 Å². The highest BCUT2D eigenvalue weighted by atomic mass is 32.1. The molecule has 3 nitrogen and oxygen atoms in total. The maximum atomic E-state index is 12.1. The number of hydrogen-bond donors (Lipinski definition) is 0. The van der Waals surface area contributed by atoms with Crippen molar-refractivity contribution in [2.45, 2.75) is 26.7 Å². The largest absolute Gasteiger partial charge is 0.299 e. The second-order valence-corrected chi connectivity index (χ2v) is 6.18. The van der Waals surface area contributed by atoms with Crippen LogP contribution in [0.4, 0.5) is 0 Å². The average molecular weight is 265 g/mol. The molecule has 18 heavy (non-hydrogen) atoms. The molecule has 1 aliphatic rings. The van der Waals surface area contributed by atoms with Gasteiger partial charge in [-0.3, -0.25) is 14.5 Å². The summed E-state index contributed by atoms with van der Waals surface area (Å²) in [5, 5.41) is 0. The van der Waals surface area contributed by atoms with Crippen LogP contribution in [0.3, 0.4) is 0 Å². The van der Waals surface area contributed by atoms with Crippen molar-refractivity contribution in [2.75, 3.05) is 19.6 Å². The second kappa shape index (κ2) is 5.76. The van der Waals surface area contributed by atoms with E-state index in [9.17, 15) is 9.59 Å². The zero-order valence-corrected chi connectivity index (χ0v) is 11.8. The van der Waals surface area contributed by atoms with Gasteiger partial charge in [-0.1, -0.05) is 6.92 Å². The summed E-state index contributed by atoms with van der Waals surface area (Å²) < 4.78 is 0. The molecule has 1 aromatic rings. The molecule has 0 bridgehead atoms. The lowest BCUT2D eigenvalue weighted by Gasteiger charge is -2.30. The highest BCUT2D eigenvalue weighted by molar-refractivity contribution is 7.14. The van der Waals surface area contributed by atoms with Gasteiger partial charge in [0.15, 0.2) is 5.78 Å². The van der Waals surface area contributed by atoms with Crippen molar-refractivity contribution >= 4 is 22.9 Å². The number of rotatable bonds is 4. The van der Waals surface area contributed by atoms with Gasteiger partial charge in [-0.15, -0.1) is 11.3 Å². The molecule has 0 N–H and O–H groups in total. The Morgan fingerprint density at radius 3 is 2.89 bits per heavy atom. The van der Waals surface area contributed by atoms with Crippen LogP contribution in [0.5, 0.6) is 0 Å². The van der Waals surface area contributed by atoms with Crippen LogP contribution >= 0.6 is 11.3 Å². The molecule has 4 heteroatoms. The Balaban J connectivity index is 1.94. The van der Waals surface area contributed by atoms with Crippen molar-refractivity contribution in [1.82, 2.24) is 4.90 Å². The topological polar surface area (TPSA) is 37.4 Å². The summed E-state index contributed by atoms with van der Waals surface area (Å²) in [5.41, 5.74) is 0. The van der Waals surface area contributed by atoms with Crippen LogP contribution in [0.2, 0.25) is 0 Å². The molecule has 1 saturated heterocycles. The molecule has 1 aromatic heterocycles. The van der Waals surface area contributed by atoms with Crippen LogP contribution in [0.25, 0.3) is 0 Å². The SMILES string of the molecule is CCC1CN(CC(=O)c2ccc(C)s2)CCC1=O. The molecule has 0 spiro atoms. The monoisotopic (exact) mass is 265 g/mol. The lowest BCUT2D eigenvalue weighted by Crippen LogP contribution is -2.42. The lowest BCUT2D eigenvalue weighted by atomic mass is 9.94. The summed E-state index contributed by atoms with van der Waals surface area (Å²) in [6.07, 6.45) is 1.47. The van der Waals surface area contributed by atoms with Crippen LogP contribution in [0.15, 0.2) is 12.1 Å². The van der Waals surface area contributed by atoms with Crippen molar-refractivity contribution in [1.29, 1.82) is 0 Å². The number of aryl methyl sites for hydroxylation is 1. The maximum absolute atomic E-state index is 12.1. The van der Waals surface area contributed by atoms with E-state index in [2.05, 4.69) is 4.90 Å². The maximum Gasteiger partial charge on any atom is 0.186 e. The Morgan fingerprint density at radius 2 is 2.28 bits per heavy atom. The van der Waals surface area contributed by atoms with Gasteiger partial charge >= 0.3 is 0 Å². The van der Waals surface area contributed by atoms with Gasteiger partial charge < -0.3 is 0 Å². The molecule has 0 aromatic carbocycles. The molecular weight excluding hydrogens is 246 g/mol. The summed E-state index contributed by atoms with van der Waals surface area (Å²) >= 11 is 1.55. The van der Waals surface area contributed by atoms with Gasteiger partial charge in [0.2, 0.25) is 0 Å². The third-order valence-corrected chi connectivity index (χ3v) is 4.53. The number of carbonyl (C=O) groups is 2. The molecular formula is C14H19NO2S. The van der Waals surface area contributed by atoms with Gasteiger partial charge in [0.25, 0.3) is 0 Å². The smallest absolute Gasteiger partial charge is 0.186 e. The molecule has 0 saturated carbocycles. The van der Waals surface area contributed by atoms with E-state index < -0.39 is 0 Å². The van der Waals surface area contributed by atoms with Crippen LogP contribution in [-0.2, 0) is 4.79 Å². The van der Waals surface area contributed by atoms with Crippen molar-refractivity contribution < 1.29 is 9.59 Å². The molecule has 0 amide bonds. The fourth-order valence-corrected chi connectivity index (χ4v) is 3.14. The molecule has 1 atom stereocenters. The number of piperidine rings is 1. The molecule has 1 fully saturated rings. The highest BCUT2D eigenvalue weighted by Gasteiger charge is 2.27. The van der Waals surface area contributed by atoms with Crippen LogP contribution in [-0.4, -0.2) is 36.1 Å². The number of likely N-dealkylation sites (tertiary alicyclic amines) is 1. The average Bonchev–Trinajstić information content (AvgIpc) is 2.78. The normalized spacial score (nSPS) is 21.2. The van der Waals surface area contributed by atoms with E-state index in [4.69, 9.17) is 0 Å². The van der Waals surface area contributed by atoms with Gasteiger partial charge in [0.1, 0.15) is 5.78 Å². The minimum atomic E-state index is 0.122. The van der Waals surface area contributed by atoms with Crippen molar-refractivity contribution in [2.24, 2.45) is 5.92 Å². The number of Topliss-reactive ketones (excluding diaryl/α,β-unsaturated/α-hetero) is 2. The molecule has 0 radical (unpaired) electrons. The minimum Gasteiger partial charge on any atom is -0.299 e. The first-order valence-electron chi connectivity index (χ1n) is 6.45. The summed E-state index contributed by atoms with van der Waals surface area (Å²) in [7, 11) is 0. The van der Waals surface area contributed by atoms with Gasteiger partial charge in [-0.25, -0.2) is 0 Å². The van der Waals surface area contributed by atoms with Gasteiger partial charge in [-0.05, 0) is 25.5 Å². The van der Waals surface area contributed by atoms with Crippen LogP contribution < -0.4 is 0 Å². The summed E-state index contributed by atoms with van der Waals surface area (Å²) in [5.74, 6) is 0.655. The highest BCUT2D eigenvalue weighted by Crippen LogP contribution is 2.19. The summed E-state index contributed by atoms with van der Waals surface area (Å²) in [6, 6.07) is 3.88. The van der Waals surface area contributed by atoms with Crippen LogP contribution in [0.1, 0.15) is 34.3 Å². The van der Waals surface area contributed by atoms with E-state index in [1.165, 1.54) is 4.88 Å². The molecule has 2 heterocycles. The fourth-order valence-electron chi connectivity index (χ4n) is 2.34.